The zero-order valence-electron chi connectivity index (χ0n) is 10.7. The first-order valence-electron chi connectivity index (χ1n) is 5.81. The Labute approximate surface area is 105 Å². The summed E-state index contributed by atoms with van der Waals surface area (Å²) in [6.07, 6.45) is 1.60. The van der Waals surface area contributed by atoms with Crippen LogP contribution in [-0.4, -0.2) is 33.1 Å². The number of carbonyl (C=O) groups excluding carboxylic acids is 1. The van der Waals surface area contributed by atoms with Gasteiger partial charge in [0.15, 0.2) is 0 Å². The second kappa shape index (κ2) is 4.42. The molecular weight excluding hydrogens is 230 g/mol. The summed E-state index contributed by atoms with van der Waals surface area (Å²) >= 11 is 0. The predicted molar refractivity (Wildman–Crippen MR) is 69.5 cm³/mol. The molecule has 3 N–H and O–H groups in total. The van der Waals surface area contributed by atoms with Gasteiger partial charge in [-0.25, -0.2) is 4.98 Å². The SMILES string of the molecule is Cc1cc2[nH]cnc2cc1C(=O)NCC(C)(C)O. The van der Waals surface area contributed by atoms with Gasteiger partial charge >= 0.3 is 0 Å². The van der Waals surface area contributed by atoms with Crippen LogP contribution in [-0.2, 0) is 0 Å². The number of aliphatic hydroxyl groups is 1. The molecule has 0 aliphatic rings. The maximum absolute atomic E-state index is 12.0. The zero-order chi connectivity index (χ0) is 13.3. The number of benzene rings is 1. The minimum absolute atomic E-state index is 0.195. The molecule has 1 aromatic heterocycles. The molecule has 0 aliphatic heterocycles. The van der Waals surface area contributed by atoms with Crippen LogP contribution < -0.4 is 5.32 Å². The lowest BCUT2D eigenvalue weighted by Crippen LogP contribution is -2.38. The Morgan fingerprint density at radius 3 is 2.89 bits per heavy atom. The average molecular weight is 247 g/mol. The van der Waals surface area contributed by atoms with Crippen molar-refractivity contribution in [2.75, 3.05) is 6.54 Å². The lowest BCUT2D eigenvalue weighted by Gasteiger charge is -2.18. The van der Waals surface area contributed by atoms with Gasteiger partial charge in [0.25, 0.3) is 5.91 Å². The first-order valence-corrected chi connectivity index (χ1v) is 5.81. The van der Waals surface area contributed by atoms with Crippen LogP contribution in [0.15, 0.2) is 18.5 Å². The van der Waals surface area contributed by atoms with E-state index < -0.39 is 5.60 Å². The lowest BCUT2D eigenvalue weighted by molar-refractivity contribution is 0.0694. The summed E-state index contributed by atoms with van der Waals surface area (Å²) in [6.45, 7) is 5.39. The summed E-state index contributed by atoms with van der Waals surface area (Å²) in [5, 5.41) is 12.3. The average Bonchev–Trinajstić information content (AvgIpc) is 2.70. The quantitative estimate of drug-likeness (QED) is 0.766. The predicted octanol–water partition coefficient (Wildman–Crippen LogP) is 1.37. The van der Waals surface area contributed by atoms with E-state index in [0.717, 1.165) is 16.6 Å². The molecule has 96 valence electrons. The molecule has 1 heterocycles. The second-order valence-electron chi connectivity index (χ2n) is 5.08. The fraction of sp³-hybridized carbons (Fsp3) is 0.385. The van der Waals surface area contributed by atoms with Crippen LogP contribution in [0.5, 0.6) is 0 Å². The molecule has 0 bridgehead atoms. The van der Waals surface area contributed by atoms with Crippen LogP contribution in [0.25, 0.3) is 11.0 Å². The van der Waals surface area contributed by atoms with Gasteiger partial charge in [0, 0.05) is 12.1 Å². The minimum atomic E-state index is -0.917. The Morgan fingerprint density at radius 2 is 2.22 bits per heavy atom. The van der Waals surface area contributed by atoms with Crippen molar-refractivity contribution in [2.45, 2.75) is 26.4 Å². The van der Waals surface area contributed by atoms with Crippen LogP contribution in [0.1, 0.15) is 29.8 Å². The van der Waals surface area contributed by atoms with Gasteiger partial charge in [0.2, 0.25) is 0 Å². The highest BCUT2D eigenvalue weighted by Crippen LogP contribution is 2.16. The van der Waals surface area contributed by atoms with Crippen molar-refractivity contribution in [3.63, 3.8) is 0 Å². The monoisotopic (exact) mass is 247 g/mol. The molecule has 0 radical (unpaired) electrons. The number of fused-ring (bicyclic) bond motifs is 1. The van der Waals surface area contributed by atoms with E-state index in [-0.39, 0.29) is 12.5 Å². The largest absolute Gasteiger partial charge is 0.389 e. The van der Waals surface area contributed by atoms with E-state index in [1.54, 1.807) is 26.2 Å². The minimum Gasteiger partial charge on any atom is -0.389 e. The summed E-state index contributed by atoms with van der Waals surface area (Å²) in [6, 6.07) is 3.64. The fourth-order valence-corrected chi connectivity index (χ4v) is 1.73. The number of imidazole rings is 1. The maximum Gasteiger partial charge on any atom is 0.251 e. The van der Waals surface area contributed by atoms with Gasteiger partial charge in [0.05, 0.1) is 23.0 Å². The van der Waals surface area contributed by atoms with Gasteiger partial charge in [-0.15, -0.1) is 0 Å². The number of hydrogen-bond donors (Lipinski definition) is 3. The van der Waals surface area contributed by atoms with E-state index in [0.29, 0.717) is 5.56 Å². The van der Waals surface area contributed by atoms with E-state index in [1.165, 1.54) is 0 Å². The molecule has 18 heavy (non-hydrogen) atoms. The number of nitrogens with one attached hydrogen (secondary N) is 2. The third-order valence-electron chi connectivity index (χ3n) is 2.69. The number of aromatic nitrogens is 2. The summed E-state index contributed by atoms with van der Waals surface area (Å²) in [5.41, 5.74) is 2.21. The fourth-order valence-electron chi connectivity index (χ4n) is 1.73. The molecule has 5 nitrogen and oxygen atoms in total. The summed E-state index contributed by atoms with van der Waals surface area (Å²) < 4.78 is 0. The Kier molecular flexibility index (Phi) is 3.09. The van der Waals surface area contributed by atoms with E-state index in [1.807, 2.05) is 13.0 Å². The second-order valence-corrected chi connectivity index (χ2v) is 5.08. The molecule has 0 aliphatic carbocycles. The van der Waals surface area contributed by atoms with Crippen molar-refractivity contribution in [3.8, 4) is 0 Å². The molecule has 2 aromatic rings. The van der Waals surface area contributed by atoms with Crippen molar-refractivity contribution in [1.82, 2.24) is 15.3 Å². The number of hydrogen-bond acceptors (Lipinski definition) is 3. The van der Waals surface area contributed by atoms with Crippen molar-refractivity contribution in [1.29, 1.82) is 0 Å². The van der Waals surface area contributed by atoms with E-state index >= 15 is 0 Å². The number of H-pyrrole nitrogens is 1. The number of nitrogens with zero attached hydrogens (tertiary/aromatic N) is 1. The number of aryl methyl sites for hydroxylation is 1. The van der Waals surface area contributed by atoms with Gasteiger partial charge in [-0.2, -0.15) is 0 Å². The molecule has 1 amide bonds. The van der Waals surface area contributed by atoms with Crippen molar-refractivity contribution >= 4 is 16.9 Å². The number of rotatable bonds is 3. The Morgan fingerprint density at radius 1 is 1.50 bits per heavy atom. The van der Waals surface area contributed by atoms with Crippen LogP contribution in [0.2, 0.25) is 0 Å². The third-order valence-corrected chi connectivity index (χ3v) is 2.69. The molecular formula is C13H17N3O2. The summed E-state index contributed by atoms with van der Waals surface area (Å²) in [7, 11) is 0. The normalized spacial score (nSPS) is 11.8. The van der Waals surface area contributed by atoms with Gasteiger partial charge in [-0.3, -0.25) is 4.79 Å². The van der Waals surface area contributed by atoms with Gasteiger partial charge in [-0.05, 0) is 38.5 Å². The highest BCUT2D eigenvalue weighted by Gasteiger charge is 2.16. The first kappa shape index (κ1) is 12.6. The Bertz CT molecular complexity index is 581. The molecule has 0 atom stereocenters. The molecule has 1 aromatic carbocycles. The Hall–Kier alpha value is -1.88. The van der Waals surface area contributed by atoms with Crippen molar-refractivity contribution in [3.05, 3.63) is 29.6 Å². The molecule has 0 saturated heterocycles. The van der Waals surface area contributed by atoms with Gasteiger partial charge < -0.3 is 15.4 Å². The van der Waals surface area contributed by atoms with E-state index in [2.05, 4.69) is 15.3 Å². The molecule has 0 saturated carbocycles. The highest BCUT2D eigenvalue weighted by atomic mass is 16.3. The van der Waals surface area contributed by atoms with Gasteiger partial charge in [-0.1, -0.05) is 0 Å². The Balaban J connectivity index is 2.24. The smallest absolute Gasteiger partial charge is 0.251 e. The molecule has 0 fully saturated rings. The van der Waals surface area contributed by atoms with Crippen LogP contribution >= 0.6 is 0 Å². The lowest BCUT2D eigenvalue weighted by atomic mass is 10.1. The van der Waals surface area contributed by atoms with Crippen molar-refractivity contribution < 1.29 is 9.90 Å². The van der Waals surface area contributed by atoms with Crippen LogP contribution in [0.4, 0.5) is 0 Å². The molecule has 5 heteroatoms. The number of amides is 1. The van der Waals surface area contributed by atoms with Crippen LogP contribution in [0.3, 0.4) is 0 Å². The third kappa shape index (κ3) is 2.68. The van der Waals surface area contributed by atoms with Gasteiger partial charge in [0.1, 0.15) is 0 Å². The standard InChI is InChI=1S/C13H17N3O2/c1-8-4-10-11(16-7-15-10)5-9(8)12(17)14-6-13(2,3)18/h4-5,7,18H,6H2,1-3H3,(H,14,17)(H,15,16). The first-order chi connectivity index (χ1) is 8.37. The molecule has 0 unspecified atom stereocenters. The number of aromatic amines is 1. The zero-order valence-corrected chi connectivity index (χ0v) is 10.7. The summed E-state index contributed by atoms with van der Waals surface area (Å²) in [4.78, 5) is 19.1. The number of carbonyl (C=O) groups is 1. The highest BCUT2D eigenvalue weighted by molar-refractivity contribution is 5.98. The van der Waals surface area contributed by atoms with Crippen LogP contribution in [0, 0.1) is 6.92 Å². The topological polar surface area (TPSA) is 78.0 Å². The summed E-state index contributed by atoms with van der Waals surface area (Å²) in [5.74, 6) is -0.195. The molecule has 2 rings (SSSR count). The van der Waals surface area contributed by atoms with E-state index in [4.69, 9.17) is 0 Å². The molecule has 0 spiro atoms. The van der Waals surface area contributed by atoms with Crippen molar-refractivity contribution in [2.24, 2.45) is 0 Å². The maximum atomic E-state index is 12.0. The van der Waals surface area contributed by atoms with E-state index in [9.17, 15) is 9.90 Å².